The number of carbonyl (C=O) groups is 1. The van der Waals surface area contributed by atoms with E-state index in [2.05, 4.69) is 10.3 Å². The van der Waals surface area contributed by atoms with Crippen molar-refractivity contribution in [3.05, 3.63) is 94.0 Å². The molecular formula is C25H23Cl2N2O2S+. The molecule has 0 radical (unpaired) electrons. The number of benzene rings is 3. The lowest BCUT2D eigenvalue weighted by Gasteiger charge is -2.26. The molecule has 32 heavy (non-hydrogen) atoms. The van der Waals surface area contributed by atoms with E-state index in [1.807, 2.05) is 79.7 Å². The minimum Gasteiger partial charge on any atom is -0.393 e. The van der Waals surface area contributed by atoms with Crippen molar-refractivity contribution >= 4 is 52.0 Å². The summed E-state index contributed by atoms with van der Waals surface area (Å²) < 4.78 is 5.74. The van der Waals surface area contributed by atoms with Crippen molar-refractivity contribution < 1.29 is 14.2 Å². The van der Waals surface area contributed by atoms with Crippen LogP contribution < -0.4 is 10.3 Å². The SMILES string of the molecule is C[C@@H](NC(=O)CSc1[nH+]c2ccccc2o1)[C@H](Cc1ccc(Cl)cc1)c1ccc(Cl)cc1. The highest BCUT2D eigenvalue weighted by Gasteiger charge is 2.23. The Bertz CT molecular complexity index is 1160. The first-order chi connectivity index (χ1) is 15.5. The Hall–Kier alpha value is -2.47. The standard InChI is InChI=1S/C25H22Cl2N2O2S/c1-16(28-24(30)15-32-25-29-22-4-2-3-5-23(22)31-25)21(18-8-12-20(27)13-9-18)14-17-6-10-19(26)11-7-17/h2-13,16,21H,14-15H2,1H3,(H,28,30)/p+1/t16-,21+/m1/s1. The molecule has 0 fully saturated rings. The zero-order chi connectivity index (χ0) is 22.5. The molecule has 0 spiro atoms. The third-order valence-corrected chi connectivity index (χ3v) is 6.68. The molecule has 4 aromatic rings. The van der Waals surface area contributed by atoms with E-state index >= 15 is 0 Å². The van der Waals surface area contributed by atoms with Crippen molar-refractivity contribution in [1.82, 2.24) is 5.32 Å². The van der Waals surface area contributed by atoms with Gasteiger partial charge in [0.25, 0.3) is 0 Å². The molecule has 2 N–H and O–H groups in total. The van der Waals surface area contributed by atoms with Crippen LogP contribution in [0.2, 0.25) is 10.0 Å². The molecule has 0 aliphatic rings. The topological polar surface area (TPSA) is 56.4 Å². The van der Waals surface area contributed by atoms with E-state index in [0.29, 0.717) is 15.3 Å². The molecular weight excluding hydrogens is 463 g/mol. The zero-order valence-electron chi connectivity index (χ0n) is 17.5. The molecule has 7 heteroatoms. The van der Waals surface area contributed by atoms with Crippen LogP contribution >= 0.6 is 35.0 Å². The maximum Gasteiger partial charge on any atom is 0.411 e. The Morgan fingerprint density at radius 3 is 2.34 bits per heavy atom. The van der Waals surface area contributed by atoms with Gasteiger partial charge in [-0.05, 0) is 66.6 Å². The maximum atomic E-state index is 12.7. The smallest absolute Gasteiger partial charge is 0.393 e. The molecule has 0 unspecified atom stereocenters. The number of hydrogen-bond acceptors (Lipinski definition) is 3. The van der Waals surface area contributed by atoms with Gasteiger partial charge in [-0.25, -0.2) is 0 Å². The third kappa shape index (κ3) is 5.85. The van der Waals surface area contributed by atoms with E-state index < -0.39 is 0 Å². The van der Waals surface area contributed by atoms with E-state index in [4.69, 9.17) is 27.6 Å². The molecule has 3 aromatic carbocycles. The number of fused-ring (bicyclic) bond motifs is 1. The van der Waals surface area contributed by atoms with Crippen LogP contribution in [0.15, 0.2) is 82.4 Å². The number of para-hydroxylation sites is 2. The van der Waals surface area contributed by atoms with Gasteiger partial charge >= 0.3 is 5.22 Å². The van der Waals surface area contributed by atoms with Gasteiger partial charge in [-0.15, -0.1) is 0 Å². The van der Waals surface area contributed by atoms with Crippen LogP contribution in [-0.2, 0) is 11.2 Å². The van der Waals surface area contributed by atoms with E-state index in [-0.39, 0.29) is 23.6 Å². The quantitative estimate of drug-likeness (QED) is 0.303. The molecule has 2 atom stereocenters. The van der Waals surface area contributed by atoms with E-state index in [0.717, 1.165) is 28.6 Å². The number of hydrogen-bond donors (Lipinski definition) is 1. The molecule has 1 aromatic heterocycles. The van der Waals surface area contributed by atoms with Gasteiger partial charge in [0, 0.05) is 28.1 Å². The molecule has 0 aliphatic heterocycles. The average molecular weight is 486 g/mol. The largest absolute Gasteiger partial charge is 0.411 e. The fraction of sp³-hybridized carbons (Fsp3) is 0.200. The number of H-pyrrole nitrogens is 1. The summed E-state index contributed by atoms with van der Waals surface area (Å²) in [5, 5.41) is 5.16. The summed E-state index contributed by atoms with van der Waals surface area (Å²) in [5.41, 5.74) is 3.96. The molecule has 4 nitrogen and oxygen atoms in total. The molecule has 1 amide bonds. The van der Waals surface area contributed by atoms with Crippen molar-refractivity contribution in [2.45, 2.75) is 30.5 Å². The fourth-order valence-electron chi connectivity index (χ4n) is 3.65. The summed E-state index contributed by atoms with van der Waals surface area (Å²) in [6.07, 6.45) is 0.769. The molecule has 0 aliphatic carbocycles. The number of oxazole rings is 1. The number of rotatable bonds is 8. The second kappa shape index (κ2) is 10.4. The van der Waals surface area contributed by atoms with Gasteiger partial charge in [-0.3, -0.25) is 4.79 Å². The Morgan fingerprint density at radius 1 is 1.00 bits per heavy atom. The summed E-state index contributed by atoms with van der Waals surface area (Å²) in [6, 6.07) is 23.2. The predicted molar refractivity (Wildman–Crippen MR) is 130 cm³/mol. The molecule has 0 saturated carbocycles. The Labute approximate surface area is 201 Å². The maximum absolute atomic E-state index is 12.7. The van der Waals surface area contributed by atoms with E-state index in [1.54, 1.807) is 0 Å². The number of aromatic amines is 1. The minimum atomic E-state index is -0.0837. The molecule has 0 bridgehead atoms. The number of thioether (sulfide) groups is 1. The lowest BCUT2D eigenvalue weighted by atomic mass is 9.86. The Morgan fingerprint density at radius 2 is 1.66 bits per heavy atom. The summed E-state index contributed by atoms with van der Waals surface area (Å²) >= 11 is 13.5. The van der Waals surface area contributed by atoms with Gasteiger partial charge < -0.3 is 9.73 Å². The summed E-state index contributed by atoms with van der Waals surface area (Å²) in [6.45, 7) is 2.03. The number of aromatic nitrogens is 1. The van der Waals surface area contributed by atoms with Crippen LogP contribution in [0.1, 0.15) is 24.0 Å². The summed E-state index contributed by atoms with van der Waals surface area (Å²) in [4.78, 5) is 15.9. The highest BCUT2D eigenvalue weighted by Crippen LogP contribution is 2.27. The van der Waals surface area contributed by atoms with E-state index in [1.165, 1.54) is 11.8 Å². The van der Waals surface area contributed by atoms with Crippen LogP contribution in [0.3, 0.4) is 0 Å². The highest BCUT2D eigenvalue weighted by atomic mass is 35.5. The van der Waals surface area contributed by atoms with Crippen LogP contribution in [0.4, 0.5) is 0 Å². The van der Waals surface area contributed by atoms with Crippen molar-refractivity contribution in [3.63, 3.8) is 0 Å². The average Bonchev–Trinajstić information content (AvgIpc) is 3.21. The molecule has 0 saturated heterocycles. The molecule has 4 rings (SSSR count). The molecule has 1 heterocycles. The first-order valence-corrected chi connectivity index (χ1v) is 12.0. The monoisotopic (exact) mass is 485 g/mol. The predicted octanol–water partition coefficient (Wildman–Crippen LogP) is 6.18. The van der Waals surface area contributed by atoms with Crippen LogP contribution in [-0.4, -0.2) is 17.7 Å². The minimum absolute atomic E-state index is 0.0496. The Kier molecular flexibility index (Phi) is 7.40. The lowest BCUT2D eigenvalue weighted by molar-refractivity contribution is -0.411. The van der Waals surface area contributed by atoms with Crippen LogP contribution in [0.5, 0.6) is 0 Å². The normalized spacial score (nSPS) is 13.1. The van der Waals surface area contributed by atoms with E-state index in [9.17, 15) is 4.79 Å². The first-order valence-electron chi connectivity index (χ1n) is 10.3. The van der Waals surface area contributed by atoms with Crippen LogP contribution in [0, 0.1) is 0 Å². The fourth-order valence-corrected chi connectivity index (χ4v) is 4.58. The number of halogens is 2. The summed E-state index contributed by atoms with van der Waals surface area (Å²) in [5.74, 6) is 0.293. The van der Waals surface area contributed by atoms with Gasteiger partial charge in [0.1, 0.15) is 0 Å². The van der Waals surface area contributed by atoms with Crippen molar-refractivity contribution in [3.8, 4) is 0 Å². The first kappa shape index (κ1) is 22.7. The zero-order valence-corrected chi connectivity index (χ0v) is 19.8. The van der Waals surface area contributed by atoms with Gasteiger partial charge in [0.05, 0.1) is 5.75 Å². The summed E-state index contributed by atoms with van der Waals surface area (Å²) in [7, 11) is 0. The van der Waals surface area contributed by atoms with Gasteiger partial charge in [0.15, 0.2) is 0 Å². The van der Waals surface area contributed by atoms with Gasteiger partial charge in [-0.1, -0.05) is 59.6 Å². The van der Waals surface area contributed by atoms with Crippen molar-refractivity contribution in [1.29, 1.82) is 0 Å². The third-order valence-electron chi connectivity index (χ3n) is 5.32. The number of nitrogens with one attached hydrogen (secondary N) is 2. The number of carbonyl (C=O) groups excluding carboxylic acids is 1. The van der Waals surface area contributed by atoms with Crippen molar-refractivity contribution in [2.75, 3.05) is 5.75 Å². The second-order valence-corrected chi connectivity index (χ2v) is 9.47. The second-order valence-electron chi connectivity index (χ2n) is 7.64. The van der Waals surface area contributed by atoms with Gasteiger partial charge in [-0.2, -0.15) is 4.98 Å². The van der Waals surface area contributed by atoms with Crippen LogP contribution in [0.25, 0.3) is 11.1 Å². The lowest BCUT2D eigenvalue weighted by Crippen LogP contribution is -2.39. The van der Waals surface area contributed by atoms with Crippen molar-refractivity contribution in [2.24, 2.45) is 0 Å². The molecule has 164 valence electrons. The highest BCUT2D eigenvalue weighted by molar-refractivity contribution is 7.99. The van der Waals surface area contributed by atoms with Gasteiger partial charge in [0.2, 0.25) is 17.0 Å². The number of amides is 1. The Balaban J connectivity index is 1.43.